The van der Waals surface area contributed by atoms with Gasteiger partial charge < -0.3 is 5.73 Å². The molecule has 1 aliphatic heterocycles. The summed E-state index contributed by atoms with van der Waals surface area (Å²) < 4.78 is 1.54. The standard InChI is InChI=1S/C11H11N5O2/c12-6-1-2-8-7(5-6)14-15-16(8)9-3-4-10(17)13-11(9)18/h1-2,5,9H,3-4,12H2,(H,13,17,18). The number of aromatic nitrogens is 3. The van der Waals surface area contributed by atoms with Gasteiger partial charge in [-0.2, -0.15) is 0 Å². The van der Waals surface area contributed by atoms with Crippen LogP contribution in [0.3, 0.4) is 0 Å². The van der Waals surface area contributed by atoms with E-state index in [1.165, 1.54) is 4.68 Å². The number of hydrogen-bond acceptors (Lipinski definition) is 5. The highest BCUT2D eigenvalue weighted by Gasteiger charge is 2.29. The summed E-state index contributed by atoms with van der Waals surface area (Å²) in [7, 11) is 0. The second-order valence-electron chi connectivity index (χ2n) is 4.25. The average Bonchev–Trinajstić information content (AvgIpc) is 2.72. The number of carbonyl (C=O) groups excluding carboxylic acids is 2. The second-order valence-corrected chi connectivity index (χ2v) is 4.25. The molecular formula is C11H11N5O2. The number of anilines is 1. The second kappa shape index (κ2) is 3.80. The van der Waals surface area contributed by atoms with Gasteiger partial charge in [0.25, 0.3) is 5.91 Å². The highest BCUT2D eigenvalue weighted by molar-refractivity contribution is 6.00. The van der Waals surface area contributed by atoms with E-state index < -0.39 is 6.04 Å². The van der Waals surface area contributed by atoms with Gasteiger partial charge in [-0.3, -0.25) is 14.9 Å². The van der Waals surface area contributed by atoms with Crippen LogP contribution in [0.4, 0.5) is 5.69 Å². The molecule has 1 aromatic heterocycles. The van der Waals surface area contributed by atoms with Crippen molar-refractivity contribution >= 4 is 28.5 Å². The van der Waals surface area contributed by atoms with E-state index in [-0.39, 0.29) is 11.8 Å². The number of amides is 2. The van der Waals surface area contributed by atoms with Gasteiger partial charge in [0.2, 0.25) is 5.91 Å². The van der Waals surface area contributed by atoms with Crippen LogP contribution in [-0.2, 0) is 9.59 Å². The molecule has 0 bridgehead atoms. The molecule has 1 atom stereocenters. The van der Waals surface area contributed by atoms with Gasteiger partial charge in [0.1, 0.15) is 11.6 Å². The lowest BCUT2D eigenvalue weighted by molar-refractivity contribution is -0.135. The smallest absolute Gasteiger partial charge is 0.251 e. The van der Waals surface area contributed by atoms with Crippen LogP contribution in [0.15, 0.2) is 18.2 Å². The predicted octanol–water partition coefficient (Wildman–Crippen LogP) is -0.00880. The van der Waals surface area contributed by atoms with Crippen molar-refractivity contribution in [2.45, 2.75) is 18.9 Å². The van der Waals surface area contributed by atoms with E-state index in [9.17, 15) is 9.59 Å². The number of carbonyl (C=O) groups is 2. The maximum absolute atomic E-state index is 11.8. The first-order valence-corrected chi connectivity index (χ1v) is 5.59. The maximum atomic E-state index is 11.8. The highest BCUT2D eigenvalue weighted by Crippen LogP contribution is 2.23. The lowest BCUT2D eigenvalue weighted by Gasteiger charge is -2.20. The fraction of sp³-hybridized carbons (Fsp3) is 0.273. The van der Waals surface area contributed by atoms with E-state index in [0.717, 1.165) is 5.52 Å². The van der Waals surface area contributed by atoms with Crippen molar-refractivity contribution in [2.24, 2.45) is 0 Å². The minimum atomic E-state index is -0.490. The topological polar surface area (TPSA) is 103 Å². The Morgan fingerprint density at radius 1 is 1.39 bits per heavy atom. The van der Waals surface area contributed by atoms with Gasteiger partial charge in [-0.1, -0.05) is 5.21 Å². The Balaban J connectivity index is 2.04. The summed E-state index contributed by atoms with van der Waals surface area (Å²) in [4.78, 5) is 22.9. The molecule has 0 radical (unpaired) electrons. The SMILES string of the molecule is Nc1ccc2c(c1)nnn2C1CCC(=O)NC1=O. The fourth-order valence-electron chi connectivity index (χ4n) is 2.10. The third-order valence-corrected chi connectivity index (χ3v) is 3.00. The summed E-state index contributed by atoms with van der Waals surface area (Å²) in [6, 6.07) is 4.71. The largest absolute Gasteiger partial charge is 0.399 e. The Morgan fingerprint density at radius 2 is 2.22 bits per heavy atom. The molecule has 3 rings (SSSR count). The van der Waals surface area contributed by atoms with Crippen LogP contribution in [0.25, 0.3) is 11.0 Å². The molecular weight excluding hydrogens is 234 g/mol. The molecule has 1 fully saturated rings. The fourth-order valence-corrected chi connectivity index (χ4v) is 2.10. The Morgan fingerprint density at radius 3 is 3.00 bits per heavy atom. The Kier molecular flexibility index (Phi) is 2.26. The Bertz CT molecular complexity index is 648. The van der Waals surface area contributed by atoms with Crippen molar-refractivity contribution in [1.29, 1.82) is 0 Å². The summed E-state index contributed by atoms with van der Waals surface area (Å²) >= 11 is 0. The zero-order valence-corrected chi connectivity index (χ0v) is 9.46. The molecule has 7 nitrogen and oxygen atoms in total. The number of piperidine rings is 1. The van der Waals surface area contributed by atoms with Gasteiger partial charge in [0.15, 0.2) is 0 Å². The molecule has 2 amide bonds. The first kappa shape index (κ1) is 10.7. The number of nitrogens with one attached hydrogen (secondary N) is 1. The zero-order chi connectivity index (χ0) is 12.7. The first-order valence-electron chi connectivity index (χ1n) is 5.59. The van der Waals surface area contributed by atoms with E-state index in [4.69, 9.17) is 5.73 Å². The van der Waals surface area contributed by atoms with Crippen LogP contribution in [0.5, 0.6) is 0 Å². The maximum Gasteiger partial charge on any atom is 0.251 e. The minimum Gasteiger partial charge on any atom is -0.399 e. The predicted molar refractivity (Wildman–Crippen MR) is 63.4 cm³/mol. The summed E-state index contributed by atoms with van der Waals surface area (Å²) in [5.41, 5.74) is 7.62. The van der Waals surface area contributed by atoms with E-state index >= 15 is 0 Å². The Hall–Kier alpha value is -2.44. The van der Waals surface area contributed by atoms with Gasteiger partial charge in [0, 0.05) is 12.1 Å². The van der Waals surface area contributed by atoms with E-state index in [1.807, 2.05) is 0 Å². The molecule has 1 aliphatic rings. The van der Waals surface area contributed by atoms with E-state index in [2.05, 4.69) is 15.6 Å². The van der Waals surface area contributed by atoms with Crippen molar-refractivity contribution in [2.75, 3.05) is 5.73 Å². The van der Waals surface area contributed by atoms with Gasteiger partial charge in [-0.15, -0.1) is 5.10 Å². The molecule has 1 aromatic carbocycles. The molecule has 18 heavy (non-hydrogen) atoms. The third-order valence-electron chi connectivity index (χ3n) is 3.00. The first-order chi connectivity index (χ1) is 8.65. The lowest BCUT2D eigenvalue weighted by atomic mass is 10.1. The molecule has 7 heteroatoms. The van der Waals surface area contributed by atoms with Crippen LogP contribution >= 0.6 is 0 Å². The number of hydrogen-bond donors (Lipinski definition) is 2. The van der Waals surface area contributed by atoms with Gasteiger partial charge in [-0.25, -0.2) is 4.68 Å². The van der Waals surface area contributed by atoms with Crippen molar-refractivity contribution in [1.82, 2.24) is 20.3 Å². The quantitative estimate of drug-likeness (QED) is 0.543. The zero-order valence-electron chi connectivity index (χ0n) is 9.46. The van der Waals surface area contributed by atoms with Gasteiger partial charge in [-0.05, 0) is 24.6 Å². The lowest BCUT2D eigenvalue weighted by Crippen LogP contribution is -2.42. The van der Waals surface area contributed by atoms with Crippen LogP contribution in [-0.4, -0.2) is 26.8 Å². The van der Waals surface area contributed by atoms with Crippen LogP contribution in [0.2, 0.25) is 0 Å². The molecule has 3 N–H and O–H groups in total. The number of nitrogens with zero attached hydrogens (tertiary/aromatic N) is 3. The third kappa shape index (κ3) is 1.60. The molecule has 0 aliphatic carbocycles. The van der Waals surface area contributed by atoms with Crippen molar-refractivity contribution in [3.8, 4) is 0 Å². The van der Waals surface area contributed by atoms with Crippen molar-refractivity contribution < 1.29 is 9.59 Å². The normalized spacial score (nSPS) is 20.1. The average molecular weight is 245 g/mol. The van der Waals surface area contributed by atoms with Crippen LogP contribution < -0.4 is 11.1 Å². The van der Waals surface area contributed by atoms with E-state index in [1.54, 1.807) is 18.2 Å². The van der Waals surface area contributed by atoms with Crippen molar-refractivity contribution in [3.63, 3.8) is 0 Å². The van der Waals surface area contributed by atoms with Crippen LogP contribution in [0.1, 0.15) is 18.9 Å². The van der Waals surface area contributed by atoms with E-state index in [0.29, 0.717) is 24.0 Å². The van der Waals surface area contributed by atoms with Crippen LogP contribution in [0, 0.1) is 0 Å². The molecule has 2 aromatic rings. The van der Waals surface area contributed by atoms with Gasteiger partial charge >= 0.3 is 0 Å². The monoisotopic (exact) mass is 245 g/mol. The summed E-state index contributed by atoms with van der Waals surface area (Å²) in [5.74, 6) is -0.584. The number of nitrogens with two attached hydrogens (primary N) is 1. The number of fused-ring (bicyclic) bond motifs is 1. The summed E-state index contributed by atoms with van der Waals surface area (Å²) in [5, 5.41) is 10.3. The molecule has 92 valence electrons. The number of benzene rings is 1. The highest BCUT2D eigenvalue weighted by atomic mass is 16.2. The number of rotatable bonds is 1. The molecule has 0 spiro atoms. The molecule has 1 saturated heterocycles. The van der Waals surface area contributed by atoms with Gasteiger partial charge in [0.05, 0.1) is 5.52 Å². The minimum absolute atomic E-state index is 0.245. The molecule has 0 saturated carbocycles. The van der Waals surface area contributed by atoms with Crippen molar-refractivity contribution in [3.05, 3.63) is 18.2 Å². The summed E-state index contributed by atoms with van der Waals surface area (Å²) in [6.07, 6.45) is 0.750. The summed E-state index contributed by atoms with van der Waals surface area (Å²) in [6.45, 7) is 0. The number of nitrogen functional groups attached to an aromatic ring is 1. The number of imide groups is 1. The molecule has 2 heterocycles. The Labute approximate surface area is 102 Å². The molecule has 1 unspecified atom stereocenters.